The fourth-order valence-electron chi connectivity index (χ4n) is 3.82. The molecule has 3 aromatic carbocycles. The Morgan fingerprint density at radius 3 is 2.36 bits per heavy atom. The molecule has 0 aliphatic carbocycles. The number of para-hydroxylation sites is 1. The SMILES string of the molecule is CCc1cccc(CC)c1-n1c(SCC(=O)Nc2ccc(F)cc2F)nnc1-c1ccc(Cl)cc1Cl. The highest BCUT2D eigenvalue weighted by Crippen LogP contribution is 2.36. The quantitative estimate of drug-likeness (QED) is 0.234. The number of anilines is 1. The van der Waals surface area contributed by atoms with Crippen molar-refractivity contribution in [3.63, 3.8) is 0 Å². The first-order valence-corrected chi connectivity index (χ1v) is 13.0. The van der Waals surface area contributed by atoms with Crippen molar-refractivity contribution in [3.8, 4) is 17.1 Å². The van der Waals surface area contributed by atoms with Crippen LogP contribution in [0.25, 0.3) is 17.1 Å². The molecule has 0 radical (unpaired) electrons. The van der Waals surface area contributed by atoms with Crippen molar-refractivity contribution in [2.24, 2.45) is 0 Å². The van der Waals surface area contributed by atoms with Gasteiger partial charge in [0.05, 0.1) is 22.2 Å². The van der Waals surface area contributed by atoms with Crippen molar-refractivity contribution in [1.29, 1.82) is 0 Å². The number of benzene rings is 3. The summed E-state index contributed by atoms with van der Waals surface area (Å²) in [6.45, 7) is 4.13. The van der Waals surface area contributed by atoms with Crippen LogP contribution in [0.5, 0.6) is 0 Å². The third-order valence-corrected chi connectivity index (χ3v) is 7.01. The molecule has 0 aliphatic rings. The number of rotatable bonds is 8. The van der Waals surface area contributed by atoms with E-state index in [9.17, 15) is 13.6 Å². The van der Waals surface area contributed by atoms with Crippen molar-refractivity contribution < 1.29 is 13.6 Å². The molecule has 0 spiro atoms. The average Bonchev–Trinajstić information content (AvgIpc) is 3.27. The molecule has 0 aliphatic heterocycles. The van der Waals surface area contributed by atoms with Crippen molar-refractivity contribution in [1.82, 2.24) is 14.8 Å². The number of amides is 1. The van der Waals surface area contributed by atoms with E-state index in [1.54, 1.807) is 18.2 Å². The van der Waals surface area contributed by atoms with Gasteiger partial charge in [0.1, 0.15) is 11.6 Å². The number of carbonyl (C=O) groups excluding carboxylic acids is 1. The van der Waals surface area contributed by atoms with Gasteiger partial charge in [0.15, 0.2) is 11.0 Å². The number of thioether (sulfide) groups is 1. The van der Waals surface area contributed by atoms with E-state index in [1.807, 2.05) is 22.8 Å². The van der Waals surface area contributed by atoms with Crippen LogP contribution in [0.2, 0.25) is 10.0 Å². The molecule has 1 N–H and O–H groups in total. The van der Waals surface area contributed by atoms with Crippen LogP contribution >= 0.6 is 35.0 Å². The molecule has 0 atom stereocenters. The highest BCUT2D eigenvalue weighted by atomic mass is 35.5. The first-order valence-electron chi connectivity index (χ1n) is 11.2. The van der Waals surface area contributed by atoms with Crippen LogP contribution < -0.4 is 5.32 Å². The molecule has 4 rings (SSSR count). The van der Waals surface area contributed by atoms with Crippen LogP contribution in [-0.4, -0.2) is 26.4 Å². The summed E-state index contributed by atoms with van der Waals surface area (Å²) in [5, 5.41) is 12.7. The summed E-state index contributed by atoms with van der Waals surface area (Å²) >= 11 is 13.8. The summed E-state index contributed by atoms with van der Waals surface area (Å²) < 4.78 is 29.1. The van der Waals surface area contributed by atoms with Crippen LogP contribution in [0.1, 0.15) is 25.0 Å². The minimum atomic E-state index is -0.847. The zero-order valence-electron chi connectivity index (χ0n) is 19.5. The number of hydrogen-bond acceptors (Lipinski definition) is 4. The van der Waals surface area contributed by atoms with Crippen molar-refractivity contribution in [2.75, 3.05) is 11.1 Å². The number of nitrogens with zero attached hydrogens (tertiary/aromatic N) is 3. The maximum atomic E-state index is 14.0. The molecule has 0 saturated heterocycles. The van der Waals surface area contributed by atoms with E-state index in [1.165, 1.54) is 6.07 Å². The molecule has 0 bridgehead atoms. The van der Waals surface area contributed by atoms with Gasteiger partial charge in [0, 0.05) is 16.7 Å². The van der Waals surface area contributed by atoms with Gasteiger partial charge in [-0.3, -0.25) is 9.36 Å². The van der Waals surface area contributed by atoms with Crippen molar-refractivity contribution in [3.05, 3.63) is 87.4 Å². The van der Waals surface area contributed by atoms with E-state index in [0.717, 1.165) is 53.6 Å². The Bertz CT molecular complexity index is 1410. The van der Waals surface area contributed by atoms with Crippen LogP contribution in [0.4, 0.5) is 14.5 Å². The molecule has 36 heavy (non-hydrogen) atoms. The number of nitrogens with one attached hydrogen (secondary N) is 1. The second kappa shape index (κ2) is 11.4. The van der Waals surface area contributed by atoms with Crippen LogP contribution in [0.3, 0.4) is 0 Å². The molecule has 1 amide bonds. The number of halogens is 4. The maximum Gasteiger partial charge on any atom is 0.234 e. The largest absolute Gasteiger partial charge is 0.323 e. The lowest BCUT2D eigenvalue weighted by Gasteiger charge is -2.18. The van der Waals surface area contributed by atoms with E-state index in [0.29, 0.717) is 26.6 Å². The van der Waals surface area contributed by atoms with Crippen molar-refractivity contribution >= 4 is 46.6 Å². The predicted octanol–water partition coefficient (Wildman–Crippen LogP) is 7.37. The maximum absolute atomic E-state index is 14.0. The van der Waals surface area contributed by atoms with Gasteiger partial charge in [-0.2, -0.15) is 0 Å². The summed E-state index contributed by atoms with van der Waals surface area (Å²) in [6, 6.07) is 14.2. The third-order valence-electron chi connectivity index (χ3n) is 5.53. The van der Waals surface area contributed by atoms with E-state index >= 15 is 0 Å². The van der Waals surface area contributed by atoms with Crippen LogP contribution in [-0.2, 0) is 17.6 Å². The molecule has 4 aromatic rings. The van der Waals surface area contributed by atoms with E-state index in [-0.39, 0.29) is 11.4 Å². The van der Waals surface area contributed by atoms with Gasteiger partial charge in [-0.25, -0.2) is 8.78 Å². The summed E-state index contributed by atoms with van der Waals surface area (Å²) in [4.78, 5) is 12.6. The lowest BCUT2D eigenvalue weighted by molar-refractivity contribution is -0.113. The number of carbonyl (C=O) groups is 1. The van der Waals surface area contributed by atoms with Gasteiger partial charge in [-0.15, -0.1) is 10.2 Å². The fourth-order valence-corrected chi connectivity index (χ4v) is 5.05. The van der Waals surface area contributed by atoms with Crippen molar-refractivity contribution in [2.45, 2.75) is 31.8 Å². The molecule has 0 fully saturated rings. The standard InChI is InChI=1S/C26H22Cl2F2N4OS/c1-3-15-6-5-7-16(4-2)24(15)34-25(19-10-8-17(27)12-20(19)28)32-33-26(34)36-14-23(35)31-22-11-9-18(29)13-21(22)30/h5-13H,3-4,14H2,1-2H3,(H,31,35). The molecular weight excluding hydrogens is 525 g/mol. The molecule has 186 valence electrons. The highest BCUT2D eigenvalue weighted by molar-refractivity contribution is 7.99. The van der Waals surface area contributed by atoms with E-state index in [4.69, 9.17) is 23.2 Å². The topological polar surface area (TPSA) is 59.8 Å². The number of hydrogen-bond donors (Lipinski definition) is 1. The molecule has 0 unspecified atom stereocenters. The van der Waals surface area contributed by atoms with Gasteiger partial charge in [0.2, 0.25) is 5.91 Å². The molecule has 10 heteroatoms. The van der Waals surface area contributed by atoms with Crippen LogP contribution in [0, 0.1) is 11.6 Å². The number of aromatic nitrogens is 3. The lowest BCUT2D eigenvalue weighted by atomic mass is 10.0. The monoisotopic (exact) mass is 546 g/mol. The normalized spacial score (nSPS) is 11.1. The first-order chi connectivity index (χ1) is 17.3. The summed E-state index contributed by atoms with van der Waals surface area (Å²) in [5.41, 5.74) is 3.65. The summed E-state index contributed by atoms with van der Waals surface area (Å²) in [7, 11) is 0. The summed E-state index contributed by atoms with van der Waals surface area (Å²) in [6.07, 6.45) is 1.53. The fraction of sp³-hybridized carbons (Fsp3) is 0.192. The second-order valence-electron chi connectivity index (χ2n) is 7.86. The minimum absolute atomic E-state index is 0.0704. The third kappa shape index (κ3) is 5.56. The molecule has 0 saturated carbocycles. The van der Waals surface area contributed by atoms with Gasteiger partial charge >= 0.3 is 0 Å². The minimum Gasteiger partial charge on any atom is -0.323 e. The van der Waals surface area contributed by atoms with Gasteiger partial charge in [0.25, 0.3) is 0 Å². The Kier molecular flexibility index (Phi) is 8.28. The smallest absolute Gasteiger partial charge is 0.234 e. The second-order valence-corrected chi connectivity index (χ2v) is 9.64. The van der Waals surface area contributed by atoms with E-state index < -0.39 is 17.5 Å². The molecule has 1 heterocycles. The zero-order valence-corrected chi connectivity index (χ0v) is 21.8. The average molecular weight is 547 g/mol. The van der Waals surface area contributed by atoms with Crippen LogP contribution in [0.15, 0.2) is 59.8 Å². The van der Waals surface area contributed by atoms with Gasteiger partial charge in [-0.05, 0) is 54.3 Å². The Labute approximate surface area is 221 Å². The summed E-state index contributed by atoms with van der Waals surface area (Å²) in [5.74, 6) is -1.59. The highest BCUT2D eigenvalue weighted by Gasteiger charge is 2.22. The Hall–Kier alpha value is -2.94. The number of aryl methyl sites for hydroxylation is 2. The lowest BCUT2D eigenvalue weighted by Crippen LogP contribution is -2.16. The zero-order chi connectivity index (χ0) is 25.8. The molecule has 1 aromatic heterocycles. The van der Waals surface area contributed by atoms with Gasteiger partial charge < -0.3 is 5.32 Å². The predicted molar refractivity (Wildman–Crippen MR) is 141 cm³/mol. The first kappa shape index (κ1) is 26.1. The molecule has 5 nitrogen and oxygen atoms in total. The Balaban J connectivity index is 1.74. The Morgan fingerprint density at radius 2 is 1.72 bits per heavy atom. The molecular formula is C26H22Cl2F2N4OS. The Morgan fingerprint density at radius 1 is 1.00 bits per heavy atom. The van der Waals surface area contributed by atoms with Gasteiger partial charge in [-0.1, -0.05) is 67.0 Å². The van der Waals surface area contributed by atoms with E-state index in [2.05, 4.69) is 29.4 Å².